The zero-order chi connectivity index (χ0) is 25.5. The van der Waals surface area contributed by atoms with E-state index < -0.39 is 0 Å². The van der Waals surface area contributed by atoms with Crippen LogP contribution in [-0.2, 0) is 0 Å². The fourth-order valence-corrected chi connectivity index (χ4v) is 7.99. The minimum Gasteiger partial charge on any atom is -0.135 e. The highest BCUT2D eigenvalue weighted by molar-refractivity contribution is 7.25. The largest absolute Gasteiger partial charge is 0.135 e. The molecule has 0 nitrogen and oxygen atoms in total. The molecule has 0 saturated carbocycles. The van der Waals surface area contributed by atoms with Gasteiger partial charge in [0.1, 0.15) is 0 Å². The van der Waals surface area contributed by atoms with E-state index in [1.165, 1.54) is 85.5 Å². The van der Waals surface area contributed by atoms with E-state index in [4.69, 9.17) is 0 Å². The molecule has 8 aromatic carbocycles. The Morgan fingerprint density at radius 3 is 1.38 bits per heavy atom. The van der Waals surface area contributed by atoms with E-state index in [2.05, 4.69) is 133 Å². The van der Waals surface area contributed by atoms with Crippen molar-refractivity contribution in [3.05, 3.63) is 133 Å². The van der Waals surface area contributed by atoms with Crippen molar-refractivity contribution in [1.29, 1.82) is 0 Å². The Balaban J connectivity index is 1.62. The molecule has 0 bridgehead atoms. The molecule has 0 amide bonds. The molecule has 1 heterocycles. The first-order chi connectivity index (χ1) is 19.4. The molecule has 0 aliphatic carbocycles. The normalized spacial score (nSPS) is 12.1. The molecule has 0 aliphatic heterocycles. The van der Waals surface area contributed by atoms with Crippen LogP contribution in [0.15, 0.2) is 133 Å². The predicted molar refractivity (Wildman–Crippen MR) is 171 cm³/mol. The molecule has 0 spiro atoms. The fourth-order valence-electron chi connectivity index (χ4n) is 6.87. The van der Waals surface area contributed by atoms with Gasteiger partial charge in [-0.2, -0.15) is 0 Å². The van der Waals surface area contributed by atoms with Crippen molar-refractivity contribution >= 4 is 74.6 Å². The molecule has 0 saturated heterocycles. The van der Waals surface area contributed by atoms with Gasteiger partial charge in [0, 0.05) is 14.8 Å². The van der Waals surface area contributed by atoms with Crippen LogP contribution in [0.25, 0.3) is 85.5 Å². The third-order valence-corrected chi connectivity index (χ3v) is 9.53. The minimum absolute atomic E-state index is 1.27. The lowest BCUT2D eigenvalue weighted by atomic mass is 9.86. The summed E-state index contributed by atoms with van der Waals surface area (Å²) >= 11 is 1.90. The highest BCUT2D eigenvalue weighted by Gasteiger charge is 2.24. The van der Waals surface area contributed by atoms with Crippen molar-refractivity contribution in [2.75, 3.05) is 0 Å². The van der Waals surface area contributed by atoms with Gasteiger partial charge in [0.25, 0.3) is 0 Å². The van der Waals surface area contributed by atoms with E-state index in [9.17, 15) is 0 Å². The third-order valence-electron chi connectivity index (χ3n) is 8.40. The number of hydrogen-bond donors (Lipinski definition) is 0. The maximum absolute atomic E-state index is 2.39. The second-order valence-electron chi connectivity index (χ2n) is 10.4. The standard InChI is InChI=1S/C38H22S/c1-3-11-23(12-4-1)33-26-16-7-8-17-27(26)34(24-13-5-2-6-14-24)38-30-21-22-32-36-28(19-20-29(35(30)36)37(33)38)25-15-9-10-18-31(25)39-32/h1-22H. The van der Waals surface area contributed by atoms with Crippen LogP contribution in [0.4, 0.5) is 0 Å². The summed E-state index contributed by atoms with van der Waals surface area (Å²) in [5.74, 6) is 0. The van der Waals surface area contributed by atoms with E-state index in [1.807, 2.05) is 11.3 Å². The summed E-state index contributed by atoms with van der Waals surface area (Å²) in [4.78, 5) is 0. The maximum Gasteiger partial charge on any atom is 0.0361 e. The lowest BCUT2D eigenvalue weighted by Crippen LogP contribution is -1.89. The molecule has 180 valence electrons. The Hall–Kier alpha value is -4.72. The summed E-state index contributed by atoms with van der Waals surface area (Å²) in [6.07, 6.45) is 0. The van der Waals surface area contributed by atoms with E-state index >= 15 is 0 Å². The topological polar surface area (TPSA) is 0 Å². The lowest BCUT2D eigenvalue weighted by molar-refractivity contribution is 1.67. The molecular weight excluding hydrogens is 488 g/mol. The van der Waals surface area contributed by atoms with E-state index in [-0.39, 0.29) is 0 Å². The van der Waals surface area contributed by atoms with Crippen LogP contribution in [-0.4, -0.2) is 0 Å². The Morgan fingerprint density at radius 2 is 0.769 bits per heavy atom. The highest BCUT2D eigenvalue weighted by Crippen LogP contribution is 2.53. The van der Waals surface area contributed by atoms with Crippen LogP contribution in [0.3, 0.4) is 0 Å². The zero-order valence-corrected chi connectivity index (χ0v) is 21.9. The van der Waals surface area contributed by atoms with Gasteiger partial charge in [-0.3, -0.25) is 0 Å². The number of fused-ring (bicyclic) bond motifs is 6. The first-order valence-electron chi connectivity index (χ1n) is 13.5. The second-order valence-corrected chi connectivity index (χ2v) is 11.5. The van der Waals surface area contributed by atoms with E-state index in [0.717, 1.165) is 0 Å². The fraction of sp³-hybridized carbons (Fsp3) is 0. The van der Waals surface area contributed by atoms with E-state index in [0.29, 0.717) is 0 Å². The Kier molecular flexibility index (Phi) is 4.30. The summed E-state index contributed by atoms with van der Waals surface area (Å²) in [6.45, 7) is 0. The van der Waals surface area contributed by atoms with Crippen LogP contribution >= 0.6 is 11.3 Å². The van der Waals surface area contributed by atoms with Crippen molar-refractivity contribution in [2.45, 2.75) is 0 Å². The summed E-state index contributed by atoms with van der Waals surface area (Å²) in [5, 5.41) is 13.5. The molecule has 0 aliphatic rings. The average Bonchev–Trinajstić information content (AvgIpc) is 3.34. The predicted octanol–water partition coefficient (Wildman–Crippen LogP) is 11.4. The lowest BCUT2D eigenvalue weighted by Gasteiger charge is -2.16. The molecule has 0 radical (unpaired) electrons. The molecule has 9 aromatic rings. The van der Waals surface area contributed by atoms with Gasteiger partial charge in [-0.05, 0) is 82.9 Å². The molecule has 39 heavy (non-hydrogen) atoms. The van der Waals surface area contributed by atoms with Crippen molar-refractivity contribution < 1.29 is 0 Å². The number of benzene rings is 7. The van der Waals surface area contributed by atoms with Crippen LogP contribution in [0.1, 0.15) is 0 Å². The molecule has 1 heteroatoms. The number of rotatable bonds is 2. The van der Waals surface area contributed by atoms with Crippen molar-refractivity contribution in [1.82, 2.24) is 0 Å². The minimum atomic E-state index is 1.27. The van der Waals surface area contributed by atoms with Crippen LogP contribution in [0.2, 0.25) is 0 Å². The van der Waals surface area contributed by atoms with Crippen molar-refractivity contribution in [2.24, 2.45) is 0 Å². The van der Waals surface area contributed by atoms with Gasteiger partial charge in [0.15, 0.2) is 0 Å². The number of hydrogen-bond acceptors (Lipinski definition) is 1. The zero-order valence-electron chi connectivity index (χ0n) is 21.1. The summed E-state index contributed by atoms with van der Waals surface area (Å²) < 4.78 is 2.69. The van der Waals surface area contributed by atoms with Crippen LogP contribution < -0.4 is 0 Å². The van der Waals surface area contributed by atoms with Gasteiger partial charge in [0.05, 0.1) is 0 Å². The highest BCUT2D eigenvalue weighted by atomic mass is 32.1. The summed E-state index contributed by atoms with van der Waals surface area (Å²) in [5.41, 5.74) is 5.19. The van der Waals surface area contributed by atoms with Crippen LogP contribution in [0, 0.1) is 0 Å². The van der Waals surface area contributed by atoms with Gasteiger partial charge < -0.3 is 0 Å². The van der Waals surface area contributed by atoms with Gasteiger partial charge in [0.2, 0.25) is 0 Å². The molecule has 0 fully saturated rings. The Morgan fingerprint density at radius 1 is 0.282 bits per heavy atom. The first-order valence-corrected chi connectivity index (χ1v) is 14.3. The summed E-state index contributed by atoms with van der Waals surface area (Å²) in [6, 6.07) is 49.2. The van der Waals surface area contributed by atoms with Gasteiger partial charge in [-0.1, -0.05) is 121 Å². The van der Waals surface area contributed by atoms with Gasteiger partial charge >= 0.3 is 0 Å². The monoisotopic (exact) mass is 510 g/mol. The quantitative estimate of drug-likeness (QED) is 0.160. The van der Waals surface area contributed by atoms with Gasteiger partial charge in [-0.15, -0.1) is 11.3 Å². The molecular formula is C38H22S. The Bertz CT molecular complexity index is 2260. The third kappa shape index (κ3) is 2.83. The molecule has 0 atom stereocenters. The maximum atomic E-state index is 2.39. The molecule has 0 N–H and O–H groups in total. The molecule has 9 rings (SSSR count). The smallest absolute Gasteiger partial charge is 0.0361 e. The second kappa shape index (κ2) is 7.89. The molecule has 0 unspecified atom stereocenters. The SMILES string of the molecule is c1ccc(-c2c3ccccc3c(-c3ccccc3)c3c4ccc5c6ccccc6sc6ccc(c23)c4c65)cc1. The molecule has 1 aromatic heterocycles. The van der Waals surface area contributed by atoms with Crippen molar-refractivity contribution in [3.8, 4) is 22.3 Å². The van der Waals surface area contributed by atoms with Gasteiger partial charge in [-0.25, -0.2) is 0 Å². The van der Waals surface area contributed by atoms with Crippen molar-refractivity contribution in [3.63, 3.8) is 0 Å². The first kappa shape index (κ1) is 21.2. The summed E-state index contributed by atoms with van der Waals surface area (Å²) in [7, 11) is 0. The van der Waals surface area contributed by atoms with Crippen LogP contribution in [0.5, 0.6) is 0 Å². The Labute approximate surface area is 229 Å². The average molecular weight is 511 g/mol. The van der Waals surface area contributed by atoms with E-state index in [1.54, 1.807) is 0 Å².